The quantitative estimate of drug-likeness (QED) is 0.811. The molecule has 0 saturated carbocycles. The van der Waals surface area contributed by atoms with Gasteiger partial charge in [-0.05, 0) is 19.8 Å². The van der Waals surface area contributed by atoms with Gasteiger partial charge in [0.1, 0.15) is 0 Å². The molecule has 1 aliphatic rings. The fraction of sp³-hybridized carbons (Fsp3) is 0.429. The molecule has 2 heterocycles. The maximum Gasteiger partial charge on any atom is 0.227 e. The second-order valence-corrected chi connectivity index (χ2v) is 4.93. The van der Waals surface area contributed by atoms with E-state index in [1.54, 1.807) is 0 Å². The summed E-state index contributed by atoms with van der Waals surface area (Å²) in [6.07, 6.45) is 2.49. The first-order valence-corrected chi connectivity index (χ1v) is 6.49. The maximum absolute atomic E-state index is 4.36. The van der Waals surface area contributed by atoms with Crippen LogP contribution in [0.1, 0.15) is 19.8 Å². The molecule has 94 valence electrons. The summed E-state index contributed by atoms with van der Waals surface area (Å²) in [6.45, 7) is 3.34. The summed E-state index contributed by atoms with van der Waals surface area (Å²) in [4.78, 5) is 2.35. The molecule has 0 N–H and O–H groups in total. The van der Waals surface area contributed by atoms with E-state index in [0.717, 1.165) is 23.9 Å². The van der Waals surface area contributed by atoms with Gasteiger partial charge in [-0.25, -0.2) is 0 Å². The lowest BCUT2D eigenvalue weighted by Gasteiger charge is -2.21. The Labute approximate surface area is 107 Å². The predicted octanol–water partition coefficient (Wildman–Crippen LogP) is 2.47. The van der Waals surface area contributed by atoms with Crippen molar-refractivity contribution in [1.82, 2.24) is 14.8 Å². The first kappa shape index (κ1) is 11.3. The third kappa shape index (κ3) is 1.78. The second-order valence-electron chi connectivity index (χ2n) is 4.93. The lowest BCUT2D eigenvalue weighted by Crippen LogP contribution is -2.28. The fourth-order valence-corrected chi connectivity index (χ4v) is 2.64. The third-order valence-corrected chi connectivity index (χ3v) is 3.69. The van der Waals surface area contributed by atoms with Crippen molar-refractivity contribution in [3.63, 3.8) is 0 Å². The molecule has 2 aromatic rings. The molecule has 1 fully saturated rings. The third-order valence-electron chi connectivity index (χ3n) is 3.69. The van der Waals surface area contributed by atoms with Gasteiger partial charge in [-0.2, -0.15) is 0 Å². The molecule has 0 bridgehead atoms. The number of rotatable bonds is 2. The van der Waals surface area contributed by atoms with Crippen LogP contribution in [0, 0.1) is 0 Å². The van der Waals surface area contributed by atoms with Crippen LogP contribution in [0.3, 0.4) is 0 Å². The number of benzene rings is 1. The van der Waals surface area contributed by atoms with Gasteiger partial charge in [0.25, 0.3) is 0 Å². The number of aromatic nitrogens is 3. The van der Waals surface area contributed by atoms with Crippen molar-refractivity contribution >= 4 is 5.95 Å². The minimum absolute atomic E-state index is 0.566. The molecule has 4 heteroatoms. The normalized spacial score (nSPS) is 19.4. The lowest BCUT2D eigenvalue weighted by molar-refractivity contribution is 0.700. The van der Waals surface area contributed by atoms with Gasteiger partial charge >= 0.3 is 0 Å². The van der Waals surface area contributed by atoms with Crippen molar-refractivity contribution in [2.24, 2.45) is 7.05 Å². The SMILES string of the molecule is CC1CCCN1c1nnc(-c2ccccc2)n1C. The molecule has 0 amide bonds. The Morgan fingerprint density at radius 1 is 1.17 bits per heavy atom. The zero-order valence-corrected chi connectivity index (χ0v) is 10.9. The molecule has 0 aliphatic carbocycles. The van der Waals surface area contributed by atoms with Crippen LogP contribution >= 0.6 is 0 Å². The molecule has 1 aromatic heterocycles. The molecule has 1 aliphatic heterocycles. The number of anilines is 1. The Hall–Kier alpha value is -1.84. The Morgan fingerprint density at radius 3 is 2.61 bits per heavy atom. The van der Waals surface area contributed by atoms with Crippen LogP contribution < -0.4 is 4.90 Å². The van der Waals surface area contributed by atoms with Crippen molar-refractivity contribution in [3.8, 4) is 11.4 Å². The first-order chi connectivity index (χ1) is 8.77. The van der Waals surface area contributed by atoms with Crippen LogP contribution in [0.5, 0.6) is 0 Å². The minimum atomic E-state index is 0.566. The Morgan fingerprint density at radius 2 is 1.94 bits per heavy atom. The number of hydrogen-bond donors (Lipinski definition) is 0. The molecule has 18 heavy (non-hydrogen) atoms. The molecular formula is C14H18N4. The zero-order valence-electron chi connectivity index (χ0n) is 10.9. The van der Waals surface area contributed by atoms with E-state index in [-0.39, 0.29) is 0 Å². The molecule has 1 saturated heterocycles. The van der Waals surface area contributed by atoms with Crippen molar-refractivity contribution in [2.45, 2.75) is 25.8 Å². The van der Waals surface area contributed by atoms with Crippen LogP contribution in [0.25, 0.3) is 11.4 Å². The summed E-state index contributed by atoms with van der Waals surface area (Å²) in [5.74, 6) is 1.92. The average Bonchev–Trinajstić information content (AvgIpc) is 2.96. The molecule has 1 aromatic carbocycles. The van der Waals surface area contributed by atoms with Gasteiger partial charge < -0.3 is 4.90 Å². The first-order valence-electron chi connectivity index (χ1n) is 6.49. The van der Waals surface area contributed by atoms with Crippen LogP contribution in [0.15, 0.2) is 30.3 Å². The summed E-state index contributed by atoms with van der Waals surface area (Å²) in [5, 5.41) is 8.70. The molecule has 0 spiro atoms. The average molecular weight is 242 g/mol. The van der Waals surface area contributed by atoms with Gasteiger partial charge in [-0.15, -0.1) is 10.2 Å². The van der Waals surface area contributed by atoms with Crippen molar-refractivity contribution < 1.29 is 0 Å². The molecule has 4 nitrogen and oxygen atoms in total. The van der Waals surface area contributed by atoms with Crippen molar-refractivity contribution in [2.75, 3.05) is 11.4 Å². The Bertz CT molecular complexity index is 532. The van der Waals surface area contributed by atoms with Crippen LogP contribution in [-0.4, -0.2) is 27.4 Å². The van der Waals surface area contributed by atoms with E-state index in [9.17, 15) is 0 Å². The summed E-state index contributed by atoms with van der Waals surface area (Å²) >= 11 is 0. The van der Waals surface area contributed by atoms with E-state index in [4.69, 9.17) is 0 Å². The van der Waals surface area contributed by atoms with Gasteiger partial charge in [-0.1, -0.05) is 30.3 Å². The van der Waals surface area contributed by atoms with Crippen molar-refractivity contribution in [1.29, 1.82) is 0 Å². The van der Waals surface area contributed by atoms with E-state index >= 15 is 0 Å². The summed E-state index contributed by atoms with van der Waals surface area (Å²) in [6, 6.07) is 10.8. The van der Waals surface area contributed by atoms with Gasteiger partial charge in [-0.3, -0.25) is 4.57 Å². The Balaban J connectivity index is 1.98. The van der Waals surface area contributed by atoms with E-state index in [1.165, 1.54) is 12.8 Å². The number of hydrogen-bond acceptors (Lipinski definition) is 3. The highest BCUT2D eigenvalue weighted by atomic mass is 15.4. The lowest BCUT2D eigenvalue weighted by atomic mass is 10.2. The topological polar surface area (TPSA) is 34.0 Å². The monoisotopic (exact) mass is 242 g/mol. The smallest absolute Gasteiger partial charge is 0.227 e. The Kier molecular flexibility index (Phi) is 2.78. The summed E-state index contributed by atoms with van der Waals surface area (Å²) in [5.41, 5.74) is 1.12. The maximum atomic E-state index is 4.36. The van der Waals surface area contributed by atoms with E-state index in [0.29, 0.717) is 6.04 Å². The van der Waals surface area contributed by atoms with E-state index < -0.39 is 0 Å². The van der Waals surface area contributed by atoms with E-state index in [1.807, 2.05) is 25.2 Å². The molecular weight excluding hydrogens is 224 g/mol. The minimum Gasteiger partial charge on any atom is -0.338 e. The molecule has 3 rings (SSSR count). The van der Waals surface area contributed by atoms with Crippen molar-refractivity contribution in [3.05, 3.63) is 30.3 Å². The van der Waals surface area contributed by atoms with Gasteiger partial charge in [0.2, 0.25) is 5.95 Å². The fourth-order valence-electron chi connectivity index (χ4n) is 2.64. The highest BCUT2D eigenvalue weighted by Gasteiger charge is 2.25. The van der Waals surface area contributed by atoms with Gasteiger partial charge in [0.15, 0.2) is 5.82 Å². The zero-order chi connectivity index (χ0) is 12.5. The highest BCUT2D eigenvalue weighted by Crippen LogP contribution is 2.26. The summed E-state index contributed by atoms with van der Waals surface area (Å²) in [7, 11) is 2.04. The second kappa shape index (κ2) is 4.44. The van der Waals surface area contributed by atoms with E-state index in [2.05, 4.69) is 38.7 Å². The van der Waals surface area contributed by atoms with Gasteiger partial charge in [0.05, 0.1) is 0 Å². The predicted molar refractivity (Wildman–Crippen MR) is 72.5 cm³/mol. The molecule has 1 unspecified atom stereocenters. The summed E-state index contributed by atoms with van der Waals surface area (Å²) < 4.78 is 2.09. The van der Waals surface area contributed by atoms with Crippen LogP contribution in [0.4, 0.5) is 5.95 Å². The van der Waals surface area contributed by atoms with Crippen LogP contribution in [-0.2, 0) is 7.05 Å². The van der Waals surface area contributed by atoms with Gasteiger partial charge in [0, 0.05) is 25.2 Å². The standard InChI is InChI=1S/C14H18N4/c1-11-7-6-10-18(11)14-16-15-13(17(14)2)12-8-4-3-5-9-12/h3-5,8-9,11H,6-7,10H2,1-2H3. The number of nitrogens with zero attached hydrogens (tertiary/aromatic N) is 4. The van der Waals surface area contributed by atoms with Crippen LogP contribution in [0.2, 0.25) is 0 Å². The highest BCUT2D eigenvalue weighted by molar-refractivity contribution is 5.57. The molecule has 0 radical (unpaired) electrons. The molecule has 1 atom stereocenters. The largest absolute Gasteiger partial charge is 0.338 e.